The number of likely N-dealkylation sites (N-methyl/N-ethyl adjacent to an activating group) is 1. The molecular formula is C30H33N5O6. The molecule has 214 valence electrons. The van der Waals surface area contributed by atoms with Crippen LogP contribution in [-0.4, -0.2) is 60.4 Å². The predicted molar refractivity (Wildman–Crippen MR) is 157 cm³/mol. The van der Waals surface area contributed by atoms with Gasteiger partial charge in [-0.2, -0.15) is 0 Å². The first-order valence-corrected chi connectivity index (χ1v) is 12.9. The number of hydrogen-bond acceptors (Lipinski definition) is 5. The number of urea groups is 1. The number of nitrogens with one attached hydrogen (secondary N) is 3. The number of aryl methyl sites for hydroxylation is 1. The van der Waals surface area contributed by atoms with Gasteiger partial charge in [-0.1, -0.05) is 37.3 Å². The van der Waals surface area contributed by atoms with Gasteiger partial charge in [0.15, 0.2) is 0 Å². The molecule has 0 saturated heterocycles. The summed E-state index contributed by atoms with van der Waals surface area (Å²) in [7, 11) is 1.55. The molecule has 3 aromatic rings. The Balaban J connectivity index is 1.48. The Labute approximate surface area is 238 Å². The lowest BCUT2D eigenvalue weighted by atomic mass is 10.1. The van der Waals surface area contributed by atoms with E-state index in [1.807, 2.05) is 31.2 Å². The number of aliphatic carboxylic acids is 1. The second-order valence-electron chi connectivity index (χ2n) is 9.59. The van der Waals surface area contributed by atoms with Crippen molar-refractivity contribution >= 4 is 53.0 Å². The molecule has 11 nitrogen and oxygen atoms in total. The van der Waals surface area contributed by atoms with Crippen LogP contribution in [0.25, 0.3) is 0 Å². The molecule has 4 N–H and O–H groups in total. The SMILES string of the molecule is Cc1ccccc1NC(=O)Nc1ccc(CC(=O)Nc2ccc(N(C)C(=O)CN(C=O)CC(C)C(=O)O)cc2)cc1. The molecule has 0 saturated carbocycles. The van der Waals surface area contributed by atoms with E-state index in [1.54, 1.807) is 55.6 Å². The second-order valence-corrected chi connectivity index (χ2v) is 9.59. The quantitative estimate of drug-likeness (QED) is 0.247. The minimum atomic E-state index is -1.05. The Morgan fingerprint density at radius 3 is 2.10 bits per heavy atom. The van der Waals surface area contributed by atoms with E-state index in [1.165, 1.54) is 11.8 Å². The van der Waals surface area contributed by atoms with Gasteiger partial charge in [0.05, 0.1) is 18.9 Å². The van der Waals surface area contributed by atoms with Crippen LogP contribution < -0.4 is 20.9 Å². The Morgan fingerprint density at radius 2 is 1.49 bits per heavy atom. The molecule has 3 rings (SSSR count). The molecule has 11 heteroatoms. The lowest BCUT2D eigenvalue weighted by Crippen LogP contribution is -2.40. The highest BCUT2D eigenvalue weighted by atomic mass is 16.4. The van der Waals surface area contributed by atoms with E-state index in [2.05, 4.69) is 16.0 Å². The number of hydrogen-bond donors (Lipinski definition) is 4. The average Bonchev–Trinajstić information content (AvgIpc) is 2.94. The van der Waals surface area contributed by atoms with Crippen molar-refractivity contribution in [2.24, 2.45) is 5.92 Å². The Hall–Kier alpha value is -5.19. The van der Waals surface area contributed by atoms with Crippen LogP contribution >= 0.6 is 0 Å². The normalized spacial score (nSPS) is 11.1. The van der Waals surface area contributed by atoms with E-state index in [-0.39, 0.29) is 31.4 Å². The maximum absolute atomic E-state index is 12.6. The number of amides is 5. The molecule has 0 aliphatic rings. The standard InChI is InChI=1S/C30H33N5O6/c1-20-6-4-5-7-26(20)33-30(41)32-24-10-8-22(9-11-24)16-27(37)31-23-12-14-25(15-13-23)34(3)28(38)18-35(19-36)17-21(2)29(39)40/h4-15,19,21H,16-18H2,1-3H3,(H,31,37)(H,39,40)(H2,32,33,41). The van der Waals surface area contributed by atoms with Gasteiger partial charge in [0.2, 0.25) is 18.2 Å². The number of carboxylic acid groups (broad SMARTS) is 1. The third-order valence-corrected chi connectivity index (χ3v) is 6.30. The molecule has 0 heterocycles. The molecule has 1 atom stereocenters. The molecular weight excluding hydrogens is 526 g/mol. The summed E-state index contributed by atoms with van der Waals surface area (Å²) >= 11 is 0. The summed E-state index contributed by atoms with van der Waals surface area (Å²) in [4.78, 5) is 62.2. The van der Waals surface area contributed by atoms with Crippen molar-refractivity contribution in [3.05, 3.63) is 83.9 Å². The zero-order chi connectivity index (χ0) is 29.9. The van der Waals surface area contributed by atoms with Crippen LogP contribution in [0.2, 0.25) is 0 Å². The number of carbonyl (C=O) groups is 5. The summed E-state index contributed by atoms with van der Waals surface area (Å²) in [5, 5.41) is 17.4. The Kier molecular flexibility index (Phi) is 10.6. The monoisotopic (exact) mass is 559 g/mol. The topological polar surface area (TPSA) is 148 Å². The highest BCUT2D eigenvalue weighted by Crippen LogP contribution is 2.19. The summed E-state index contributed by atoms with van der Waals surface area (Å²) in [5.41, 5.74) is 4.09. The molecule has 1 unspecified atom stereocenters. The summed E-state index contributed by atoms with van der Waals surface area (Å²) in [5.74, 6) is -2.49. The second kappa shape index (κ2) is 14.3. The van der Waals surface area contributed by atoms with E-state index >= 15 is 0 Å². The molecule has 0 spiro atoms. The molecule has 0 aliphatic carbocycles. The van der Waals surface area contributed by atoms with Crippen LogP contribution in [0, 0.1) is 12.8 Å². The van der Waals surface area contributed by atoms with E-state index in [0.717, 1.165) is 21.7 Å². The first-order valence-electron chi connectivity index (χ1n) is 12.9. The van der Waals surface area contributed by atoms with Crippen molar-refractivity contribution in [3.63, 3.8) is 0 Å². The van der Waals surface area contributed by atoms with Gasteiger partial charge in [-0.25, -0.2) is 4.79 Å². The molecule has 0 radical (unpaired) electrons. The smallest absolute Gasteiger partial charge is 0.323 e. The fraction of sp³-hybridized carbons (Fsp3) is 0.233. The Bertz CT molecular complexity index is 1390. The lowest BCUT2D eigenvalue weighted by Gasteiger charge is -2.23. The Morgan fingerprint density at radius 1 is 0.878 bits per heavy atom. The van der Waals surface area contributed by atoms with Crippen LogP contribution in [0.1, 0.15) is 18.1 Å². The van der Waals surface area contributed by atoms with Gasteiger partial charge in [-0.05, 0) is 60.5 Å². The fourth-order valence-corrected chi connectivity index (χ4v) is 3.86. The lowest BCUT2D eigenvalue weighted by molar-refractivity contribution is -0.142. The van der Waals surface area contributed by atoms with Crippen LogP contribution in [0.5, 0.6) is 0 Å². The van der Waals surface area contributed by atoms with Crippen LogP contribution in [0.4, 0.5) is 27.5 Å². The molecule has 0 aromatic heterocycles. The number of anilines is 4. The van der Waals surface area contributed by atoms with Crippen molar-refractivity contribution in [2.75, 3.05) is 41.0 Å². The van der Waals surface area contributed by atoms with Crippen molar-refractivity contribution in [3.8, 4) is 0 Å². The van der Waals surface area contributed by atoms with Crippen LogP contribution in [-0.2, 0) is 25.6 Å². The molecule has 0 bridgehead atoms. The fourth-order valence-electron chi connectivity index (χ4n) is 3.86. The third kappa shape index (κ3) is 9.20. The van der Waals surface area contributed by atoms with Gasteiger partial charge in [-0.15, -0.1) is 0 Å². The highest BCUT2D eigenvalue weighted by molar-refractivity contribution is 6.00. The molecule has 0 fully saturated rings. The largest absolute Gasteiger partial charge is 0.481 e. The predicted octanol–water partition coefficient (Wildman–Crippen LogP) is 3.96. The number of carbonyl (C=O) groups excluding carboxylic acids is 4. The number of nitrogens with zero attached hydrogens (tertiary/aromatic N) is 2. The van der Waals surface area contributed by atoms with Gasteiger partial charge >= 0.3 is 12.0 Å². The van der Waals surface area contributed by atoms with Gasteiger partial charge in [0.25, 0.3) is 0 Å². The first-order chi connectivity index (χ1) is 19.5. The van der Waals surface area contributed by atoms with Crippen LogP contribution in [0.3, 0.4) is 0 Å². The number of para-hydroxylation sites is 1. The molecule has 0 aliphatic heterocycles. The minimum Gasteiger partial charge on any atom is -0.481 e. The van der Waals surface area contributed by atoms with Gasteiger partial charge in [-0.3, -0.25) is 19.2 Å². The summed E-state index contributed by atoms with van der Waals surface area (Å²) < 4.78 is 0. The van der Waals surface area contributed by atoms with Crippen LogP contribution in [0.15, 0.2) is 72.8 Å². The van der Waals surface area contributed by atoms with Gasteiger partial charge in [0.1, 0.15) is 0 Å². The van der Waals surface area contributed by atoms with E-state index in [0.29, 0.717) is 23.5 Å². The number of rotatable bonds is 12. The first kappa shape index (κ1) is 30.4. The van der Waals surface area contributed by atoms with Crippen molar-refractivity contribution in [2.45, 2.75) is 20.3 Å². The summed E-state index contributed by atoms with van der Waals surface area (Å²) in [6, 6.07) is 20.7. The highest BCUT2D eigenvalue weighted by Gasteiger charge is 2.19. The van der Waals surface area contributed by atoms with E-state index in [9.17, 15) is 24.0 Å². The van der Waals surface area contributed by atoms with Crippen molar-refractivity contribution in [1.82, 2.24) is 4.90 Å². The number of benzene rings is 3. The summed E-state index contributed by atoms with van der Waals surface area (Å²) in [6.07, 6.45) is 0.573. The third-order valence-electron chi connectivity index (χ3n) is 6.30. The minimum absolute atomic E-state index is 0.0774. The van der Waals surface area contributed by atoms with Crippen molar-refractivity contribution < 1.29 is 29.1 Å². The maximum atomic E-state index is 12.6. The zero-order valence-corrected chi connectivity index (χ0v) is 23.1. The van der Waals surface area contributed by atoms with Gasteiger partial charge < -0.3 is 30.9 Å². The van der Waals surface area contributed by atoms with E-state index < -0.39 is 17.8 Å². The summed E-state index contributed by atoms with van der Waals surface area (Å²) in [6.45, 7) is 3.03. The number of carboxylic acids is 1. The maximum Gasteiger partial charge on any atom is 0.323 e. The molecule has 5 amide bonds. The van der Waals surface area contributed by atoms with E-state index in [4.69, 9.17) is 5.11 Å². The molecule has 41 heavy (non-hydrogen) atoms. The average molecular weight is 560 g/mol. The van der Waals surface area contributed by atoms with Crippen molar-refractivity contribution in [1.29, 1.82) is 0 Å². The van der Waals surface area contributed by atoms with Gasteiger partial charge in [0, 0.05) is 36.3 Å². The molecule has 3 aromatic carbocycles. The zero-order valence-electron chi connectivity index (χ0n) is 23.1.